The first-order chi connectivity index (χ1) is 6.24. The van der Waals surface area contributed by atoms with Crippen LogP contribution in [0.15, 0.2) is 15.9 Å². The van der Waals surface area contributed by atoms with Crippen molar-refractivity contribution in [3.63, 3.8) is 0 Å². The largest absolute Gasteiger partial charge is 0.461 e. The summed E-state index contributed by atoms with van der Waals surface area (Å²) in [7, 11) is 0. The first kappa shape index (κ1) is 10.7. The summed E-state index contributed by atoms with van der Waals surface area (Å²) in [6, 6.07) is 1.71. The summed E-state index contributed by atoms with van der Waals surface area (Å²) >= 11 is 4.58. The Kier molecular flexibility index (Phi) is 4.41. The van der Waals surface area contributed by atoms with Crippen molar-refractivity contribution < 1.29 is 14.6 Å². The normalized spacial score (nSPS) is 10.0. The fourth-order valence-electron chi connectivity index (χ4n) is 0.721. The first-order valence-electron chi connectivity index (χ1n) is 3.76. The summed E-state index contributed by atoms with van der Waals surface area (Å²) in [5.74, 6) is -0.329. The Morgan fingerprint density at radius 3 is 3.00 bits per heavy atom. The second-order valence-corrected chi connectivity index (χ2v) is 4.17. The fourth-order valence-corrected chi connectivity index (χ4v) is 2.04. The van der Waals surface area contributed by atoms with Gasteiger partial charge in [-0.05, 0) is 22.0 Å². The predicted molar refractivity (Wildman–Crippen MR) is 54.0 cm³/mol. The van der Waals surface area contributed by atoms with E-state index in [1.54, 1.807) is 6.07 Å². The molecular formula is C8H9BrO3S. The van der Waals surface area contributed by atoms with E-state index in [9.17, 15) is 4.79 Å². The lowest BCUT2D eigenvalue weighted by Crippen LogP contribution is -2.05. The van der Waals surface area contributed by atoms with Gasteiger partial charge in [0, 0.05) is 22.9 Å². The van der Waals surface area contributed by atoms with E-state index < -0.39 is 0 Å². The molecule has 0 saturated heterocycles. The molecule has 0 atom stereocenters. The lowest BCUT2D eigenvalue weighted by Gasteiger charge is -1.99. The highest BCUT2D eigenvalue weighted by molar-refractivity contribution is 9.10. The van der Waals surface area contributed by atoms with E-state index in [0.29, 0.717) is 11.3 Å². The monoisotopic (exact) mass is 264 g/mol. The fraction of sp³-hybridized carbons (Fsp3) is 0.375. The summed E-state index contributed by atoms with van der Waals surface area (Å²) in [5, 5.41) is 10.3. The minimum absolute atomic E-state index is 0.0431. The van der Waals surface area contributed by atoms with Crippen LogP contribution < -0.4 is 0 Å². The average molecular weight is 265 g/mol. The Morgan fingerprint density at radius 2 is 2.46 bits per heavy atom. The summed E-state index contributed by atoms with van der Waals surface area (Å²) in [6.45, 7) is 0.312. The molecule has 1 rings (SSSR count). The van der Waals surface area contributed by atoms with Crippen molar-refractivity contribution >= 4 is 33.2 Å². The van der Waals surface area contributed by atoms with Crippen LogP contribution in [0.4, 0.5) is 0 Å². The van der Waals surface area contributed by atoms with Crippen LogP contribution >= 0.6 is 27.3 Å². The molecule has 5 heteroatoms. The zero-order chi connectivity index (χ0) is 9.68. The standard InChI is InChI=1S/C8H9BrO3S/c9-6-4-7(13-5-6)8(11)12-3-1-2-10/h4-5,10H,1-3H2. The number of rotatable bonds is 4. The van der Waals surface area contributed by atoms with Crippen LogP contribution in [0.5, 0.6) is 0 Å². The van der Waals surface area contributed by atoms with Crippen LogP contribution in [-0.4, -0.2) is 24.3 Å². The molecule has 0 aliphatic rings. The number of ether oxygens (including phenoxy) is 1. The number of hydrogen-bond acceptors (Lipinski definition) is 4. The molecule has 0 bridgehead atoms. The van der Waals surface area contributed by atoms with Gasteiger partial charge in [-0.3, -0.25) is 0 Å². The minimum Gasteiger partial charge on any atom is -0.461 e. The molecule has 1 heterocycles. The second kappa shape index (κ2) is 5.36. The highest BCUT2D eigenvalue weighted by Crippen LogP contribution is 2.20. The summed E-state index contributed by atoms with van der Waals surface area (Å²) < 4.78 is 5.75. The van der Waals surface area contributed by atoms with Crippen molar-refractivity contribution in [3.05, 3.63) is 20.8 Å². The molecule has 0 aliphatic heterocycles. The Balaban J connectivity index is 2.40. The van der Waals surface area contributed by atoms with Crippen molar-refractivity contribution in [3.8, 4) is 0 Å². The maximum Gasteiger partial charge on any atom is 0.348 e. The van der Waals surface area contributed by atoms with Crippen LogP contribution in [0.2, 0.25) is 0 Å². The molecule has 0 aliphatic carbocycles. The zero-order valence-corrected chi connectivity index (χ0v) is 9.23. The van der Waals surface area contributed by atoms with Crippen molar-refractivity contribution in [1.82, 2.24) is 0 Å². The third kappa shape index (κ3) is 3.46. The number of carbonyl (C=O) groups is 1. The molecule has 0 unspecified atom stereocenters. The Morgan fingerprint density at radius 1 is 1.69 bits per heavy atom. The van der Waals surface area contributed by atoms with Gasteiger partial charge in [-0.1, -0.05) is 0 Å². The molecule has 0 fully saturated rings. The van der Waals surface area contributed by atoms with Gasteiger partial charge >= 0.3 is 5.97 Å². The number of carbonyl (C=O) groups excluding carboxylic acids is 1. The van der Waals surface area contributed by atoms with Crippen LogP contribution in [0, 0.1) is 0 Å². The quantitative estimate of drug-likeness (QED) is 0.669. The molecule has 72 valence electrons. The van der Waals surface area contributed by atoms with Crippen LogP contribution in [0.3, 0.4) is 0 Å². The van der Waals surface area contributed by atoms with Crippen molar-refractivity contribution in [2.75, 3.05) is 13.2 Å². The minimum atomic E-state index is -0.329. The van der Waals surface area contributed by atoms with E-state index >= 15 is 0 Å². The Hall–Kier alpha value is -0.390. The Labute approximate surface area is 88.5 Å². The van der Waals surface area contributed by atoms with E-state index in [0.717, 1.165) is 4.47 Å². The summed E-state index contributed by atoms with van der Waals surface area (Å²) in [4.78, 5) is 11.8. The number of thiophene rings is 1. The van der Waals surface area contributed by atoms with Gasteiger partial charge in [0.05, 0.1) is 6.61 Å². The van der Waals surface area contributed by atoms with Gasteiger partial charge in [0.15, 0.2) is 0 Å². The number of aliphatic hydroxyl groups is 1. The van der Waals surface area contributed by atoms with Crippen molar-refractivity contribution in [2.24, 2.45) is 0 Å². The third-order valence-corrected chi connectivity index (χ3v) is 2.98. The van der Waals surface area contributed by atoms with E-state index in [-0.39, 0.29) is 19.2 Å². The molecule has 0 aromatic carbocycles. The number of hydrogen-bond donors (Lipinski definition) is 1. The average Bonchev–Trinajstić information content (AvgIpc) is 2.52. The van der Waals surface area contributed by atoms with Crippen LogP contribution in [-0.2, 0) is 4.74 Å². The molecule has 0 radical (unpaired) electrons. The smallest absolute Gasteiger partial charge is 0.348 e. The molecule has 1 aromatic heterocycles. The highest BCUT2D eigenvalue weighted by Gasteiger charge is 2.08. The van der Waals surface area contributed by atoms with Crippen LogP contribution in [0.25, 0.3) is 0 Å². The molecule has 1 aromatic rings. The molecule has 0 spiro atoms. The van der Waals surface area contributed by atoms with Crippen LogP contribution in [0.1, 0.15) is 16.1 Å². The molecule has 13 heavy (non-hydrogen) atoms. The molecule has 0 amide bonds. The van der Waals surface area contributed by atoms with Gasteiger partial charge in [-0.25, -0.2) is 4.79 Å². The predicted octanol–water partition coefficient (Wildman–Crippen LogP) is 2.05. The van der Waals surface area contributed by atoms with E-state index in [4.69, 9.17) is 9.84 Å². The molecule has 1 N–H and O–H groups in total. The maximum atomic E-state index is 11.2. The summed E-state index contributed by atoms with van der Waals surface area (Å²) in [6.07, 6.45) is 0.484. The third-order valence-electron chi connectivity index (χ3n) is 1.30. The van der Waals surface area contributed by atoms with Gasteiger partial charge in [-0.2, -0.15) is 0 Å². The summed E-state index contributed by atoms with van der Waals surface area (Å²) in [5.41, 5.74) is 0. The molecular weight excluding hydrogens is 256 g/mol. The second-order valence-electron chi connectivity index (χ2n) is 2.34. The molecule has 3 nitrogen and oxygen atoms in total. The lowest BCUT2D eigenvalue weighted by molar-refractivity contribution is 0.0488. The maximum absolute atomic E-state index is 11.2. The van der Waals surface area contributed by atoms with Gasteiger partial charge < -0.3 is 9.84 Å². The lowest BCUT2D eigenvalue weighted by atomic mass is 10.4. The highest BCUT2D eigenvalue weighted by atomic mass is 79.9. The number of halogens is 1. The van der Waals surface area contributed by atoms with E-state index in [1.807, 2.05) is 5.38 Å². The first-order valence-corrected chi connectivity index (χ1v) is 5.43. The van der Waals surface area contributed by atoms with Gasteiger partial charge in [0.1, 0.15) is 4.88 Å². The number of esters is 1. The van der Waals surface area contributed by atoms with Gasteiger partial charge in [-0.15, -0.1) is 11.3 Å². The van der Waals surface area contributed by atoms with E-state index in [2.05, 4.69) is 15.9 Å². The van der Waals surface area contributed by atoms with Gasteiger partial charge in [0.25, 0.3) is 0 Å². The molecule has 0 saturated carbocycles. The van der Waals surface area contributed by atoms with Crippen molar-refractivity contribution in [2.45, 2.75) is 6.42 Å². The topological polar surface area (TPSA) is 46.5 Å². The van der Waals surface area contributed by atoms with Gasteiger partial charge in [0.2, 0.25) is 0 Å². The van der Waals surface area contributed by atoms with Crippen molar-refractivity contribution in [1.29, 1.82) is 0 Å². The zero-order valence-electron chi connectivity index (χ0n) is 6.83. The van der Waals surface area contributed by atoms with E-state index in [1.165, 1.54) is 11.3 Å². The number of aliphatic hydroxyl groups excluding tert-OH is 1. The Bertz CT molecular complexity index is 285. The SMILES string of the molecule is O=C(OCCCO)c1cc(Br)cs1.